The number of imidazole rings is 1. The van der Waals surface area contributed by atoms with Crippen LogP contribution >= 0.6 is 35.4 Å². The summed E-state index contributed by atoms with van der Waals surface area (Å²) in [4.78, 5) is 19.2. The Morgan fingerprint density at radius 3 is 2.74 bits per heavy atom. The minimum Gasteiger partial charge on any atom is -0.385 e. The van der Waals surface area contributed by atoms with Crippen LogP contribution in [0.1, 0.15) is 35.7 Å². The lowest BCUT2D eigenvalue weighted by Crippen LogP contribution is -2.47. The maximum atomic E-state index is 13.0. The number of rotatable bonds is 13. The van der Waals surface area contributed by atoms with E-state index in [1.165, 1.54) is 0 Å². The van der Waals surface area contributed by atoms with Gasteiger partial charge in [0.05, 0.1) is 34.4 Å². The normalized spacial score (nSPS) is 11.5. The molecule has 3 rings (SSSR count). The van der Waals surface area contributed by atoms with Crippen LogP contribution in [-0.4, -0.2) is 58.3 Å². The van der Waals surface area contributed by atoms with Gasteiger partial charge < -0.3 is 24.8 Å². The molecule has 1 amide bonds. The molecule has 1 heterocycles. The van der Waals surface area contributed by atoms with Gasteiger partial charge >= 0.3 is 0 Å². The highest BCUT2D eigenvalue weighted by atomic mass is 35.5. The van der Waals surface area contributed by atoms with E-state index in [2.05, 4.69) is 21.7 Å². The lowest BCUT2D eigenvalue weighted by atomic mass is 10.1. The Morgan fingerprint density at radius 2 is 2.03 bits per heavy atom. The van der Waals surface area contributed by atoms with Gasteiger partial charge in [0.1, 0.15) is 0 Å². The lowest BCUT2D eigenvalue weighted by Gasteiger charge is -2.29. The third-order valence-electron chi connectivity index (χ3n) is 5.96. The van der Waals surface area contributed by atoms with Crippen molar-refractivity contribution in [2.75, 3.05) is 26.8 Å². The third kappa shape index (κ3) is 9.52. The molecule has 0 saturated carbocycles. The minimum atomic E-state index is -0.205. The summed E-state index contributed by atoms with van der Waals surface area (Å²) in [5.41, 5.74) is 3.26. The number of carbonyl (C=O) groups is 1. The molecule has 2 N–H and O–H groups in total. The monoisotopic (exact) mass is 586 g/mol. The summed E-state index contributed by atoms with van der Waals surface area (Å²) in [6.45, 7) is 4.69. The van der Waals surface area contributed by atoms with Crippen LogP contribution in [0.5, 0.6) is 0 Å². The Kier molecular flexibility index (Phi) is 12.0. The first-order valence-corrected chi connectivity index (χ1v) is 13.7. The van der Waals surface area contributed by atoms with E-state index in [1.54, 1.807) is 37.8 Å². The van der Waals surface area contributed by atoms with Crippen molar-refractivity contribution >= 4 is 46.4 Å². The van der Waals surface area contributed by atoms with E-state index in [4.69, 9.17) is 45.4 Å². The van der Waals surface area contributed by atoms with E-state index in [0.717, 1.165) is 23.2 Å². The van der Waals surface area contributed by atoms with Crippen molar-refractivity contribution in [1.29, 1.82) is 5.26 Å². The van der Waals surface area contributed by atoms with Crippen LogP contribution in [0.4, 0.5) is 0 Å². The Balaban J connectivity index is 1.61. The average Bonchev–Trinajstić information content (AvgIpc) is 3.34. The number of halogens is 2. The van der Waals surface area contributed by atoms with Gasteiger partial charge in [0.2, 0.25) is 5.91 Å². The second kappa shape index (κ2) is 15.4. The fraction of sp³-hybridized carbons (Fsp3) is 0.357. The van der Waals surface area contributed by atoms with Crippen molar-refractivity contribution in [2.24, 2.45) is 0 Å². The summed E-state index contributed by atoms with van der Waals surface area (Å²) in [7, 11) is 1.66. The van der Waals surface area contributed by atoms with Crippen LogP contribution in [-0.2, 0) is 29.0 Å². The Morgan fingerprint density at radius 1 is 1.26 bits per heavy atom. The van der Waals surface area contributed by atoms with Gasteiger partial charge in [-0.3, -0.25) is 4.79 Å². The fourth-order valence-corrected chi connectivity index (χ4v) is 4.63. The van der Waals surface area contributed by atoms with Crippen molar-refractivity contribution in [1.82, 2.24) is 25.1 Å². The SMILES string of the molecule is COCCCNC(=S)N(Cc1cccc(Cl)c1Cl)C[C@H](C)NC(=O)Cc1cncn1Cc1ccc(C#N)cc1. The van der Waals surface area contributed by atoms with Gasteiger partial charge in [-0.1, -0.05) is 47.5 Å². The van der Waals surface area contributed by atoms with Gasteiger partial charge in [-0.15, -0.1) is 0 Å². The number of methoxy groups -OCH3 is 1. The van der Waals surface area contributed by atoms with Crippen LogP contribution in [0, 0.1) is 11.3 Å². The van der Waals surface area contributed by atoms with Crippen LogP contribution in [0.25, 0.3) is 0 Å². The van der Waals surface area contributed by atoms with Crippen LogP contribution < -0.4 is 10.6 Å². The number of thiocarbonyl (C=S) groups is 1. The first-order valence-electron chi connectivity index (χ1n) is 12.5. The number of nitriles is 1. The van der Waals surface area contributed by atoms with E-state index >= 15 is 0 Å². The Labute approximate surface area is 244 Å². The summed E-state index contributed by atoms with van der Waals surface area (Å²) in [6, 6.07) is 14.8. The fourth-order valence-electron chi connectivity index (χ4n) is 4.00. The molecule has 0 radical (unpaired) electrons. The van der Waals surface area contributed by atoms with Crippen LogP contribution in [0.15, 0.2) is 55.0 Å². The lowest BCUT2D eigenvalue weighted by molar-refractivity contribution is -0.121. The number of ether oxygens (including phenoxy) is 1. The van der Waals surface area contributed by atoms with Crippen molar-refractivity contribution < 1.29 is 9.53 Å². The molecule has 0 spiro atoms. The summed E-state index contributed by atoms with van der Waals surface area (Å²) in [5, 5.41) is 16.9. The molecule has 0 fully saturated rings. The number of hydrogen-bond acceptors (Lipinski definition) is 5. The number of amides is 1. The van der Waals surface area contributed by atoms with Gasteiger partial charge in [0, 0.05) is 57.8 Å². The number of hydrogen-bond donors (Lipinski definition) is 2. The largest absolute Gasteiger partial charge is 0.385 e. The first kappa shape index (κ1) is 30.4. The maximum absolute atomic E-state index is 13.0. The molecular weight excluding hydrogens is 555 g/mol. The summed E-state index contributed by atoms with van der Waals surface area (Å²) >= 11 is 18.3. The second-order valence-corrected chi connectivity index (χ2v) is 10.3. The van der Waals surface area contributed by atoms with Crippen LogP contribution in [0.2, 0.25) is 10.0 Å². The van der Waals surface area contributed by atoms with Gasteiger partial charge in [0.15, 0.2) is 5.11 Å². The Bertz CT molecular complexity index is 1290. The second-order valence-electron chi connectivity index (χ2n) is 9.14. The molecule has 39 heavy (non-hydrogen) atoms. The Hall–Kier alpha value is -3.16. The van der Waals surface area contributed by atoms with E-state index in [-0.39, 0.29) is 18.4 Å². The van der Waals surface area contributed by atoms with Crippen molar-refractivity contribution in [2.45, 2.75) is 38.9 Å². The van der Waals surface area contributed by atoms with Crippen molar-refractivity contribution in [3.05, 3.63) is 87.4 Å². The van der Waals surface area contributed by atoms with Crippen LogP contribution in [0.3, 0.4) is 0 Å². The molecular formula is C28H32Cl2N6O2S. The maximum Gasteiger partial charge on any atom is 0.226 e. The molecule has 206 valence electrons. The number of carbonyl (C=O) groups excluding carboxylic acids is 1. The summed E-state index contributed by atoms with van der Waals surface area (Å²) in [5.74, 6) is -0.121. The zero-order chi connectivity index (χ0) is 28.2. The van der Waals surface area contributed by atoms with E-state index in [1.807, 2.05) is 40.7 Å². The highest BCUT2D eigenvalue weighted by Gasteiger charge is 2.18. The van der Waals surface area contributed by atoms with Crippen molar-refractivity contribution in [3.8, 4) is 6.07 Å². The molecule has 8 nitrogen and oxygen atoms in total. The van der Waals surface area contributed by atoms with Gasteiger partial charge in [-0.25, -0.2) is 4.98 Å². The molecule has 0 aliphatic carbocycles. The smallest absolute Gasteiger partial charge is 0.226 e. The van der Waals surface area contributed by atoms with Crippen molar-refractivity contribution in [3.63, 3.8) is 0 Å². The molecule has 1 atom stereocenters. The zero-order valence-corrected chi connectivity index (χ0v) is 24.3. The predicted molar refractivity (Wildman–Crippen MR) is 158 cm³/mol. The molecule has 3 aromatic rings. The quantitative estimate of drug-likeness (QED) is 0.224. The molecule has 0 aliphatic heterocycles. The van der Waals surface area contributed by atoms with Gasteiger partial charge in [0.25, 0.3) is 0 Å². The van der Waals surface area contributed by atoms with E-state index in [9.17, 15) is 4.79 Å². The molecule has 0 saturated heterocycles. The minimum absolute atomic E-state index is 0.121. The predicted octanol–water partition coefficient (Wildman–Crippen LogP) is 4.57. The van der Waals surface area contributed by atoms with E-state index in [0.29, 0.717) is 53.5 Å². The standard InChI is InChI=1S/C28H32Cl2N6O2S/c1-20(16-35(28(39)33-11-4-12-38-2)18-23-5-3-6-25(29)27(23)30)34-26(37)13-24-15-32-19-36(24)17-22-9-7-21(14-31)8-10-22/h3,5-10,15,19-20H,4,11-13,16-18H2,1-2H3,(H,33,39)(H,34,37)/t20-/m0/s1. The molecule has 0 bridgehead atoms. The number of benzene rings is 2. The number of aromatic nitrogens is 2. The molecule has 2 aromatic carbocycles. The molecule has 1 aromatic heterocycles. The first-order chi connectivity index (χ1) is 18.8. The van der Waals surface area contributed by atoms with Gasteiger partial charge in [-0.2, -0.15) is 5.26 Å². The van der Waals surface area contributed by atoms with Gasteiger partial charge in [-0.05, 0) is 54.9 Å². The zero-order valence-electron chi connectivity index (χ0n) is 22.0. The summed E-state index contributed by atoms with van der Waals surface area (Å²) in [6.07, 6.45) is 4.39. The topological polar surface area (TPSA) is 95.2 Å². The van der Waals surface area contributed by atoms with E-state index < -0.39 is 0 Å². The highest BCUT2D eigenvalue weighted by Crippen LogP contribution is 2.26. The highest BCUT2D eigenvalue weighted by molar-refractivity contribution is 7.80. The molecule has 0 unspecified atom stereocenters. The number of nitrogens with one attached hydrogen (secondary N) is 2. The summed E-state index contributed by atoms with van der Waals surface area (Å²) < 4.78 is 7.05. The number of nitrogens with zero attached hydrogens (tertiary/aromatic N) is 4. The molecule has 11 heteroatoms. The molecule has 0 aliphatic rings. The third-order valence-corrected chi connectivity index (χ3v) is 7.22. The average molecular weight is 588 g/mol.